The van der Waals surface area contributed by atoms with Gasteiger partial charge in [0.2, 0.25) is 0 Å². The maximum Gasteiger partial charge on any atom is 0.306 e. The zero-order valence-corrected chi connectivity index (χ0v) is 20.2. The Balaban J connectivity index is 3.84. The van der Waals surface area contributed by atoms with Crippen molar-refractivity contribution in [3.8, 4) is 0 Å². The zero-order chi connectivity index (χ0) is 22.9. The van der Waals surface area contributed by atoms with Crippen molar-refractivity contribution in [2.75, 3.05) is 27.7 Å². The zero-order valence-electron chi connectivity index (χ0n) is 20.2. The van der Waals surface area contributed by atoms with E-state index in [1.807, 2.05) is 21.1 Å². The second kappa shape index (κ2) is 16.7. The van der Waals surface area contributed by atoms with E-state index in [0.29, 0.717) is 23.9 Å². The number of hydrogen-bond acceptors (Lipinski definition) is 3. The number of aliphatic hydroxyl groups excluding tert-OH is 1. The highest BCUT2D eigenvalue weighted by molar-refractivity contribution is 5.68. The number of aliphatic hydroxyl groups is 2. The summed E-state index contributed by atoms with van der Waals surface area (Å²) in [5.74, 6) is -0.995. The van der Waals surface area contributed by atoms with E-state index in [4.69, 9.17) is 5.11 Å². The molecule has 0 fully saturated rings. The molecule has 0 heterocycles. The van der Waals surface area contributed by atoms with E-state index >= 15 is 0 Å². The molecule has 0 spiro atoms. The predicted octanol–water partition coefficient (Wildman–Crippen LogP) is 5.30. The molecule has 0 aromatic carbocycles. The van der Waals surface area contributed by atoms with E-state index < -0.39 is 17.7 Å². The highest BCUT2D eigenvalue weighted by Gasteiger charge is 2.36. The van der Waals surface area contributed by atoms with Gasteiger partial charge in [-0.1, -0.05) is 64.0 Å². The van der Waals surface area contributed by atoms with Crippen LogP contribution < -0.4 is 0 Å². The van der Waals surface area contributed by atoms with Gasteiger partial charge in [-0.2, -0.15) is 0 Å². The third-order valence-corrected chi connectivity index (χ3v) is 5.49. The van der Waals surface area contributed by atoms with Crippen molar-refractivity contribution in [2.45, 2.75) is 115 Å². The van der Waals surface area contributed by atoms with Gasteiger partial charge in [0, 0.05) is 0 Å². The standard InChI is InChI=1S/C25H49NO4/c1-5-6-7-8-9-10-11-12-13-14-15-16-17-18-23(27)19-20-25(30,21-24(28)29)22-26(2,3)4/h12-13,23,27,30H,5-11,14-22H2,1-4H3/p+1/b13-12-. The molecular formula is C25H50NO4+. The molecule has 2 atom stereocenters. The van der Waals surface area contributed by atoms with Gasteiger partial charge in [-0.05, 0) is 44.9 Å². The Morgan fingerprint density at radius 3 is 1.97 bits per heavy atom. The largest absolute Gasteiger partial charge is 0.481 e. The molecular weight excluding hydrogens is 378 g/mol. The number of unbranched alkanes of at least 4 members (excludes halogenated alkanes) is 9. The molecule has 0 bridgehead atoms. The average Bonchev–Trinajstić information content (AvgIpc) is 2.61. The van der Waals surface area contributed by atoms with Crippen LogP contribution in [0, 0.1) is 0 Å². The van der Waals surface area contributed by atoms with Crippen molar-refractivity contribution in [1.82, 2.24) is 0 Å². The van der Waals surface area contributed by atoms with Gasteiger partial charge in [0.15, 0.2) is 0 Å². The first-order valence-electron chi connectivity index (χ1n) is 12.2. The van der Waals surface area contributed by atoms with E-state index in [1.54, 1.807) is 0 Å². The summed E-state index contributed by atoms with van der Waals surface area (Å²) in [6.07, 6.45) is 18.9. The number of allylic oxidation sites excluding steroid dienone is 2. The van der Waals surface area contributed by atoms with Gasteiger partial charge in [-0.3, -0.25) is 4.79 Å². The van der Waals surface area contributed by atoms with Gasteiger partial charge in [-0.15, -0.1) is 0 Å². The molecule has 0 saturated carbocycles. The Bertz CT molecular complexity index is 459. The van der Waals surface area contributed by atoms with Crippen LogP contribution in [0.5, 0.6) is 0 Å². The number of carboxylic acids is 1. The van der Waals surface area contributed by atoms with E-state index in [1.165, 1.54) is 44.9 Å². The summed E-state index contributed by atoms with van der Waals surface area (Å²) in [4.78, 5) is 11.1. The van der Waals surface area contributed by atoms with E-state index in [9.17, 15) is 15.0 Å². The van der Waals surface area contributed by atoms with Gasteiger partial charge in [0.1, 0.15) is 12.1 Å². The Kier molecular flexibility index (Phi) is 16.2. The minimum atomic E-state index is -1.27. The first-order chi connectivity index (χ1) is 14.1. The molecule has 0 rings (SSSR count). The molecule has 5 heteroatoms. The van der Waals surface area contributed by atoms with Crippen molar-refractivity contribution in [2.24, 2.45) is 0 Å². The maximum absolute atomic E-state index is 11.1. The minimum Gasteiger partial charge on any atom is -0.481 e. The molecule has 0 aliphatic heterocycles. The maximum atomic E-state index is 11.1. The molecule has 0 aromatic heterocycles. The quantitative estimate of drug-likeness (QED) is 0.140. The summed E-state index contributed by atoms with van der Waals surface area (Å²) >= 11 is 0. The van der Waals surface area contributed by atoms with Crippen molar-refractivity contribution >= 4 is 5.97 Å². The van der Waals surface area contributed by atoms with Crippen molar-refractivity contribution in [3.05, 3.63) is 12.2 Å². The topological polar surface area (TPSA) is 77.8 Å². The van der Waals surface area contributed by atoms with E-state index in [-0.39, 0.29) is 6.42 Å². The monoisotopic (exact) mass is 428 g/mol. The fourth-order valence-electron chi connectivity index (χ4n) is 4.06. The number of hydrogen-bond donors (Lipinski definition) is 3. The van der Waals surface area contributed by atoms with Crippen LogP contribution >= 0.6 is 0 Å². The van der Waals surface area contributed by atoms with Gasteiger partial charge in [0.05, 0.1) is 33.7 Å². The van der Waals surface area contributed by atoms with Crippen LogP contribution in [-0.4, -0.2) is 65.2 Å². The number of nitrogens with zero attached hydrogens (tertiary/aromatic N) is 1. The van der Waals surface area contributed by atoms with Crippen LogP contribution in [-0.2, 0) is 4.79 Å². The average molecular weight is 429 g/mol. The molecule has 178 valence electrons. The summed E-state index contributed by atoms with van der Waals surface area (Å²) in [5, 5.41) is 30.1. The first kappa shape index (κ1) is 29.1. The number of rotatable bonds is 20. The van der Waals surface area contributed by atoms with Gasteiger partial charge in [-0.25, -0.2) is 0 Å². The Hall–Kier alpha value is -0.910. The van der Waals surface area contributed by atoms with Crippen LogP contribution in [0.2, 0.25) is 0 Å². The fourth-order valence-corrected chi connectivity index (χ4v) is 4.06. The fraction of sp³-hybridized carbons (Fsp3) is 0.880. The SMILES string of the molecule is CCCCCCCC/C=C\CCCCCC(O)CCC(O)(CC(=O)O)C[N+](C)(C)C. The molecule has 3 N–H and O–H groups in total. The van der Waals surface area contributed by atoms with Crippen LogP contribution in [0.4, 0.5) is 0 Å². The predicted molar refractivity (Wildman–Crippen MR) is 126 cm³/mol. The van der Waals surface area contributed by atoms with Gasteiger partial charge in [0.25, 0.3) is 0 Å². The number of aliphatic carboxylic acids is 1. The summed E-state index contributed by atoms with van der Waals surface area (Å²) in [6.45, 7) is 2.61. The molecule has 2 unspecified atom stereocenters. The van der Waals surface area contributed by atoms with Crippen molar-refractivity contribution in [3.63, 3.8) is 0 Å². The number of likely N-dealkylation sites (N-methyl/N-ethyl adjacent to an activating group) is 1. The highest BCUT2D eigenvalue weighted by Crippen LogP contribution is 2.23. The van der Waals surface area contributed by atoms with Crippen molar-refractivity contribution < 1.29 is 24.6 Å². The van der Waals surface area contributed by atoms with E-state index in [0.717, 1.165) is 32.1 Å². The number of quaternary nitrogens is 1. The second-order valence-electron chi connectivity index (χ2n) is 10.1. The summed E-state index contributed by atoms with van der Waals surface area (Å²) in [6, 6.07) is 0. The second-order valence-corrected chi connectivity index (χ2v) is 10.1. The van der Waals surface area contributed by atoms with Crippen LogP contribution in [0.3, 0.4) is 0 Å². The Morgan fingerprint density at radius 2 is 1.43 bits per heavy atom. The summed E-state index contributed by atoms with van der Waals surface area (Å²) in [7, 11) is 5.81. The number of carboxylic acid groups (broad SMARTS) is 1. The lowest BCUT2D eigenvalue weighted by atomic mass is 9.90. The van der Waals surface area contributed by atoms with E-state index in [2.05, 4.69) is 19.1 Å². The van der Waals surface area contributed by atoms with Crippen LogP contribution in [0.15, 0.2) is 12.2 Å². The molecule has 0 radical (unpaired) electrons. The third-order valence-electron chi connectivity index (χ3n) is 5.49. The molecule has 5 nitrogen and oxygen atoms in total. The van der Waals surface area contributed by atoms with Crippen molar-refractivity contribution in [1.29, 1.82) is 0 Å². The molecule has 0 amide bonds. The summed E-state index contributed by atoms with van der Waals surface area (Å²) < 4.78 is 0.492. The third kappa shape index (κ3) is 19.1. The molecule has 30 heavy (non-hydrogen) atoms. The Morgan fingerprint density at radius 1 is 0.900 bits per heavy atom. The van der Waals surface area contributed by atoms with Crippen LogP contribution in [0.25, 0.3) is 0 Å². The molecule has 0 aliphatic carbocycles. The lowest BCUT2D eigenvalue weighted by Crippen LogP contribution is -2.50. The lowest BCUT2D eigenvalue weighted by molar-refractivity contribution is -0.877. The van der Waals surface area contributed by atoms with Gasteiger partial charge >= 0.3 is 5.97 Å². The van der Waals surface area contributed by atoms with Crippen LogP contribution in [0.1, 0.15) is 103 Å². The molecule has 0 aliphatic rings. The summed E-state index contributed by atoms with van der Waals surface area (Å²) in [5.41, 5.74) is -1.27. The van der Waals surface area contributed by atoms with Gasteiger partial charge < -0.3 is 19.8 Å². The minimum absolute atomic E-state index is 0.277. The first-order valence-corrected chi connectivity index (χ1v) is 12.2. The normalized spacial score (nSPS) is 15.4. The molecule has 0 aromatic rings. The lowest BCUT2D eigenvalue weighted by Gasteiger charge is -2.35. The highest BCUT2D eigenvalue weighted by atomic mass is 16.4. The smallest absolute Gasteiger partial charge is 0.306 e. The Labute approximate surface area is 185 Å². The molecule has 0 saturated heterocycles. The number of carbonyl (C=O) groups is 1.